The second-order valence-corrected chi connectivity index (χ2v) is 5.17. The summed E-state index contributed by atoms with van der Waals surface area (Å²) in [5, 5.41) is 11.6. The predicted molar refractivity (Wildman–Crippen MR) is 60.8 cm³/mol. The zero-order valence-electron chi connectivity index (χ0n) is 10.4. The molecule has 1 rings (SSSR count). The molecule has 0 bridgehead atoms. The molecule has 1 aliphatic carbocycles. The maximum atomic E-state index is 13.0. The zero-order chi connectivity index (χ0) is 13.1. The van der Waals surface area contributed by atoms with Gasteiger partial charge in [0.25, 0.3) is 0 Å². The van der Waals surface area contributed by atoms with Gasteiger partial charge in [-0.05, 0) is 18.8 Å². The molecule has 0 aromatic carbocycles. The Hall–Kier alpha value is -0.710. The van der Waals surface area contributed by atoms with Crippen molar-refractivity contribution in [3.63, 3.8) is 0 Å². The minimum absolute atomic E-state index is 0.00997. The van der Waals surface area contributed by atoms with Crippen molar-refractivity contribution in [1.82, 2.24) is 5.32 Å². The van der Waals surface area contributed by atoms with Crippen molar-refractivity contribution in [2.75, 3.05) is 6.61 Å². The first-order chi connectivity index (χ1) is 7.85. The highest BCUT2D eigenvalue weighted by Gasteiger charge is 2.42. The lowest BCUT2D eigenvalue weighted by atomic mass is 9.99. The smallest absolute Gasteiger partial charge is 0.248 e. The van der Waals surface area contributed by atoms with Gasteiger partial charge in [0, 0.05) is 31.4 Å². The number of aliphatic hydroxyl groups excluding tert-OH is 1. The van der Waals surface area contributed by atoms with E-state index < -0.39 is 11.8 Å². The molecule has 0 aromatic heterocycles. The van der Waals surface area contributed by atoms with Gasteiger partial charge in [-0.2, -0.15) is 0 Å². The Balaban J connectivity index is 2.48. The average Bonchev–Trinajstić information content (AvgIpc) is 2.58. The highest BCUT2D eigenvalue weighted by atomic mass is 19.3. The Morgan fingerprint density at radius 2 is 2.18 bits per heavy atom. The largest absolute Gasteiger partial charge is 0.396 e. The Bertz CT molecular complexity index is 269. The Labute approximate surface area is 101 Å². The van der Waals surface area contributed by atoms with Crippen LogP contribution in [-0.4, -0.2) is 29.6 Å². The van der Waals surface area contributed by atoms with Crippen LogP contribution >= 0.6 is 0 Å². The molecule has 17 heavy (non-hydrogen) atoms. The molecular formula is C12H21F2NO2. The summed E-state index contributed by atoms with van der Waals surface area (Å²) < 4.78 is 26.0. The van der Waals surface area contributed by atoms with Gasteiger partial charge < -0.3 is 10.4 Å². The van der Waals surface area contributed by atoms with E-state index in [1.54, 1.807) is 0 Å². The third kappa shape index (κ3) is 4.22. The summed E-state index contributed by atoms with van der Waals surface area (Å²) in [5.74, 6) is -3.38. The summed E-state index contributed by atoms with van der Waals surface area (Å²) in [6.45, 7) is 3.86. The summed E-state index contributed by atoms with van der Waals surface area (Å²) in [6.07, 6.45) is 0.176. The fourth-order valence-corrected chi connectivity index (χ4v) is 2.19. The maximum absolute atomic E-state index is 13.0. The van der Waals surface area contributed by atoms with E-state index in [0.717, 1.165) is 0 Å². The molecule has 2 atom stereocenters. The summed E-state index contributed by atoms with van der Waals surface area (Å²) in [7, 11) is 0. The molecule has 0 spiro atoms. The molecule has 3 nitrogen and oxygen atoms in total. The van der Waals surface area contributed by atoms with Crippen LogP contribution in [-0.2, 0) is 4.79 Å². The molecule has 1 fully saturated rings. The normalized spacial score (nSPS) is 24.9. The van der Waals surface area contributed by atoms with Gasteiger partial charge in [-0.25, -0.2) is 8.78 Å². The molecule has 0 aromatic rings. The van der Waals surface area contributed by atoms with E-state index >= 15 is 0 Å². The number of carbonyl (C=O) groups is 1. The lowest BCUT2D eigenvalue weighted by molar-refractivity contribution is -0.126. The van der Waals surface area contributed by atoms with Gasteiger partial charge in [-0.3, -0.25) is 4.79 Å². The number of aliphatic hydroxyl groups is 1. The number of hydrogen-bond acceptors (Lipinski definition) is 2. The number of rotatable bonds is 5. The van der Waals surface area contributed by atoms with Gasteiger partial charge in [0.1, 0.15) is 0 Å². The fourth-order valence-electron chi connectivity index (χ4n) is 2.19. The summed E-state index contributed by atoms with van der Waals surface area (Å²) in [5.41, 5.74) is 0. The van der Waals surface area contributed by atoms with Gasteiger partial charge in [0.2, 0.25) is 11.8 Å². The van der Waals surface area contributed by atoms with Crippen molar-refractivity contribution < 1.29 is 18.7 Å². The molecular weight excluding hydrogens is 228 g/mol. The third-order valence-corrected chi connectivity index (χ3v) is 3.35. The number of halogens is 2. The van der Waals surface area contributed by atoms with Gasteiger partial charge >= 0.3 is 0 Å². The number of amides is 1. The molecule has 0 saturated heterocycles. The van der Waals surface area contributed by atoms with E-state index in [-0.39, 0.29) is 43.7 Å². The first kappa shape index (κ1) is 14.4. The van der Waals surface area contributed by atoms with Crippen molar-refractivity contribution in [2.45, 2.75) is 51.5 Å². The highest BCUT2D eigenvalue weighted by molar-refractivity contribution is 5.79. The molecule has 1 amide bonds. The van der Waals surface area contributed by atoms with Gasteiger partial charge in [-0.1, -0.05) is 13.8 Å². The van der Waals surface area contributed by atoms with Crippen LogP contribution in [0.5, 0.6) is 0 Å². The zero-order valence-corrected chi connectivity index (χ0v) is 10.4. The van der Waals surface area contributed by atoms with Crippen LogP contribution in [0.2, 0.25) is 0 Å². The highest BCUT2D eigenvalue weighted by Crippen LogP contribution is 2.38. The summed E-state index contributed by atoms with van der Waals surface area (Å²) in [6, 6.07) is -0.137. The van der Waals surface area contributed by atoms with Gasteiger partial charge in [-0.15, -0.1) is 0 Å². The summed E-state index contributed by atoms with van der Waals surface area (Å²) >= 11 is 0. The van der Waals surface area contributed by atoms with Crippen molar-refractivity contribution >= 4 is 5.91 Å². The van der Waals surface area contributed by atoms with Crippen LogP contribution in [0.25, 0.3) is 0 Å². The number of hydrogen-bond donors (Lipinski definition) is 2. The van der Waals surface area contributed by atoms with Crippen LogP contribution in [0.1, 0.15) is 39.5 Å². The van der Waals surface area contributed by atoms with Crippen LogP contribution in [0.4, 0.5) is 8.78 Å². The second-order valence-electron chi connectivity index (χ2n) is 5.17. The third-order valence-electron chi connectivity index (χ3n) is 3.35. The van der Waals surface area contributed by atoms with Crippen molar-refractivity contribution in [3.05, 3.63) is 0 Å². The van der Waals surface area contributed by atoms with E-state index in [1.165, 1.54) is 0 Å². The fraction of sp³-hybridized carbons (Fsp3) is 0.917. The Morgan fingerprint density at radius 1 is 1.53 bits per heavy atom. The minimum Gasteiger partial charge on any atom is -0.396 e. The molecule has 0 radical (unpaired) electrons. The van der Waals surface area contributed by atoms with Crippen molar-refractivity contribution in [2.24, 2.45) is 11.8 Å². The van der Waals surface area contributed by atoms with Crippen molar-refractivity contribution in [3.8, 4) is 0 Å². The molecule has 0 heterocycles. The van der Waals surface area contributed by atoms with Gasteiger partial charge in [0.15, 0.2) is 0 Å². The number of nitrogens with one attached hydrogen (secondary N) is 1. The standard InChI is InChI=1S/C12H21F2NO2/c1-8(2)10(4-6-16)15-11(17)9-3-5-12(13,14)7-9/h8-10,16H,3-7H2,1-2H3,(H,15,17). The lowest BCUT2D eigenvalue weighted by Crippen LogP contribution is -2.42. The van der Waals surface area contributed by atoms with E-state index in [0.29, 0.717) is 6.42 Å². The van der Waals surface area contributed by atoms with Crippen LogP contribution in [0.3, 0.4) is 0 Å². The number of alkyl halides is 2. The maximum Gasteiger partial charge on any atom is 0.248 e. The molecule has 2 unspecified atom stereocenters. The van der Waals surface area contributed by atoms with Crippen molar-refractivity contribution in [1.29, 1.82) is 0 Å². The second kappa shape index (κ2) is 5.76. The van der Waals surface area contributed by atoms with E-state index in [9.17, 15) is 13.6 Å². The molecule has 0 aliphatic heterocycles. The SMILES string of the molecule is CC(C)C(CCO)NC(=O)C1CCC(F)(F)C1. The average molecular weight is 249 g/mol. The first-order valence-electron chi connectivity index (χ1n) is 6.15. The summed E-state index contributed by atoms with van der Waals surface area (Å²) in [4.78, 5) is 11.8. The molecule has 100 valence electrons. The minimum atomic E-state index is -2.69. The Kier molecular flexibility index (Phi) is 4.86. The molecule has 1 saturated carbocycles. The van der Waals surface area contributed by atoms with Gasteiger partial charge in [0.05, 0.1) is 0 Å². The molecule has 5 heteroatoms. The topological polar surface area (TPSA) is 49.3 Å². The first-order valence-corrected chi connectivity index (χ1v) is 6.15. The van der Waals surface area contributed by atoms with E-state index in [4.69, 9.17) is 5.11 Å². The van der Waals surface area contributed by atoms with Crippen LogP contribution in [0.15, 0.2) is 0 Å². The van der Waals surface area contributed by atoms with E-state index in [2.05, 4.69) is 5.32 Å². The Morgan fingerprint density at radius 3 is 2.59 bits per heavy atom. The quantitative estimate of drug-likeness (QED) is 0.782. The molecule has 2 N–H and O–H groups in total. The lowest BCUT2D eigenvalue weighted by Gasteiger charge is -2.23. The van der Waals surface area contributed by atoms with E-state index in [1.807, 2.05) is 13.8 Å². The molecule has 1 aliphatic rings. The monoisotopic (exact) mass is 249 g/mol. The predicted octanol–water partition coefficient (Wildman–Crippen LogP) is 1.94. The van der Waals surface area contributed by atoms with Crippen LogP contribution < -0.4 is 5.32 Å². The van der Waals surface area contributed by atoms with Crippen LogP contribution in [0, 0.1) is 11.8 Å². The number of carbonyl (C=O) groups excluding carboxylic acids is 1.